The van der Waals surface area contributed by atoms with Gasteiger partial charge in [0, 0.05) is 34.8 Å². The lowest BCUT2D eigenvalue weighted by molar-refractivity contribution is -0.122. The maximum atomic E-state index is 14.3. The van der Waals surface area contributed by atoms with E-state index in [-0.39, 0.29) is 11.7 Å². The Labute approximate surface area is 207 Å². The number of methoxy groups -OCH3 is 1. The summed E-state index contributed by atoms with van der Waals surface area (Å²) in [5.74, 6) is 0.448. The van der Waals surface area contributed by atoms with Gasteiger partial charge in [0.2, 0.25) is 0 Å². The number of halogens is 1. The third kappa shape index (κ3) is 4.59. The Balaban J connectivity index is 1.50. The van der Waals surface area contributed by atoms with Crippen LogP contribution in [0.15, 0.2) is 88.9 Å². The average molecular weight is 486 g/mol. The van der Waals surface area contributed by atoms with Crippen LogP contribution < -0.4 is 4.74 Å². The van der Waals surface area contributed by atoms with E-state index in [0.29, 0.717) is 28.7 Å². The molecule has 4 aromatic rings. The molecule has 2 heterocycles. The van der Waals surface area contributed by atoms with Crippen LogP contribution in [0.2, 0.25) is 0 Å². The van der Waals surface area contributed by atoms with Gasteiger partial charge in [-0.05, 0) is 61.2 Å². The van der Waals surface area contributed by atoms with Crippen LogP contribution in [0, 0.1) is 5.82 Å². The molecule has 0 spiro atoms. The van der Waals surface area contributed by atoms with Crippen LogP contribution in [-0.2, 0) is 11.3 Å². The maximum absolute atomic E-state index is 14.3. The molecule has 176 valence electrons. The standard InChI is InChI=1S/C28H24FN3O2S/c1-3-32-27(33)26(35-28(32)30-21-12-14-22(34-2)15-13-21)16-20-18-31(25-11-7-5-9-23(20)25)17-19-8-4-6-10-24(19)29/h4-16,18H,3,17H2,1-2H3/b26-16+,30-28?. The Bertz CT molecular complexity index is 1460. The van der Waals surface area contributed by atoms with Crippen molar-refractivity contribution in [3.8, 4) is 5.75 Å². The molecule has 1 aliphatic rings. The highest BCUT2D eigenvalue weighted by Gasteiger charge is 2.32. The largest absolute Gasteiger partial charge is 0.497 e. The number of fused-ring (bicyclic) bond motifs is 1. The van der Waals surface area contributed by atoms with Gasteiger partial charge < -0.3 is 9.30 Å². The summed E-state index contributed by atoms with van der Waals surface area (Å²) in [6.07, 6.45) is 3.89. The number of para-hydroxylation sites is 1. The fourth-order valence-electron chi connectivity index (χ4n) is 4.11. The molecule has 5 rings (SSSR count). The van der Waals surface area contributed by atoms with Gasteiger partial charge in [-0.3, -0.25) is 9.69 Å². The van der Waals surface area contributed by atoms with E-state index in [4.69, 9.17) is 9.73 Å². The molecule has 1 fully saturated rings. The number of carbonyl (C=O) groups excluding carboxylic acids is 1. The lowest BCUT2D eigenvalue weighted by atomic mass is 10.1. The van der Waals surface area contributed by atoms with E-state index in [2.05, 4.69) is 0 Å². The topological polar surface area (TPSA) is 46.8 Å². The van der Waals surface area contributed by atoms with E-state index in [1.54, 1.807) is 24.1 Å². The van der Waals surface area contributed by atoms with Crippen LogP contribution in [0.5, 0.6) is 5.75 Å². The van der Waals surface area contributed by atoms with Gasteiger partial charge in [0.25, 0.3) is 5.91 Å². The molecule has 1 aromatic heterocycles. The third-order valence-electron chi connectivity index (χ3n) is 5.91. The summed E-state index contributed by atoms with van der Waals surface area (Å²) in [6, 6.07) is 22.2. The van der Waals surface area contributed by atoms with Crippen LogP contribution in [0.3, 0.4) is 0 Å². The molecule has 0 N–H and O–H groups in total. The summed E-state index contributed by atoms with van der Waals surface area (Å²) >= 11 is 1.36. The highest BCUT2D eigenvalue weighted by atomic mass is 32.2. The van der Waals surface area contributed by atoms with Crippen LogP contribution in [-0.4, -0.2) is 34.2 Å². The molecule has 3 aromatic carbocycles. The predicted octanol–water partition coefficient (Wildman–Crippen LogP) is 6.46. The number of thioether (sulfide) groups is 1. The minimum Gasteiger partial charge on any atom is -0.497 e. The zero-order valence-electron chi connectivity index (χ0n) is 19.4. The second-order valence-electron chi connectivity index (χ2n) is 8.07. The zero-order valence-corrected chi connectivity index (χ0v) is 20.3. The quantitative estimate of drug-likeness (QED) is 0.295. The van der Waals surface area contributed by atoms with Crippen molar-refractivity contribution in [3.63, 3.8) is 0 Å². The van der Waals surface area contributed by atoms with E-state index >= 15 is 0 Å². The van der Waals surface area contributed by atoms with Gasteiger partial charge >= 0.3 is 0 Å². The second kappa shape index (κ2) is 9.80. The summed E-state index contributed by atoms with van der Waals surface area (Å²) in [5, 5.41) is 1.65. The molecule has 0 aliphatic carbocycles. The number of nitrogens with zero attached hydrogens (tertiary/aromatic N) is 3. The van der Waals surface area contributed by atoms with E-state index in [9.17, 15) is 9.18 Å². The molecule has 0 radical (unpaired) electrons. The molecule has 0 bridgehead atoms. The first-order valence-corrected chi connectivity index (χ1v) is 12.1. The zero-order chi connectivity index (χ0) is 24.4. The van der Waals surface area contributed by atoms with E-state index in [0.717, 1.165) is 27.9 Å². The highest BCUT2D eigenvalue weighted by Crippen LogP contribution is 2.36. The van der Waals surface area contributed by atoms with Crippen LogP contribution >= 0.6 is 11.8 Å². The van der Waals surface area contributed by atoms with Crippen LogP contribution in [0.4, 0.5) is 10.1 Å². The number of likely N-dealkylation sites (N-methyl/N-ethyl adjacent to an activating group) is 1. The average Bonchev–Trinajstić information content (AvgIpc) is 3.37. The number of aromatic nitrogens is 1. The van der Waals surface area contributed by atoms with Gasteiger partial charge in [-0.15, -0.1) is 0 Å². The highest BCUT2D eigenvalue weighted by molar-refractivity contribution is 8.18. The van der Waals surface area contributed by atoms with Gasteiger partial charge in [-0.2, -0.15) is 0 Å². The van der Waals surface area contributed by atoms with Crippen molar-refractivity contribution in [2.45, 2.75) is 13.5 Å². The minimum absolute atomic E-state index is 0.0734. The Morgan fingerprint density at radius 2 is 1.77 bits per heavy atom. The van der Waals surface area contributed by atoms with Gasteiger partial charge in [0.05, 0.1) is 24.2 Å². The number of aliphatic imine (C=N–C) groups is 1. The molecule has 0 saturated carbocycles. The Morgan fingerprint density at radius 1 is 1.03 bits per heavy atom. The number of carbonyl (C=O) groups is 1. The molecule has 0 atom stereocenters. The summed E-state index contributed by atoms with van der Waals surface area (Å²) < 4.78 is 21.5. The first-order valence-electron chi connectivity index (χ1n) is 11.3. The number of rotatable bonds is 6. The normalized spacial score (nSPS) is 16.1. The summed E-state index contributed by atoms with van der Waals surface area (Å²) in [7, 11) is 1.62. The number of hydrogen-bond acceptors (Lipinski definition) is 4. The first-order chi connectivity index (χ1) is 17.1. The molecule has 1 aliphatic heterocycles. The second-order valence-corrected chi connectivity index (χ2v) is 9.08. The van der Waals surface area contributed by atoms with Gasteiger partial charge in [0.1, 0.15) is 11.6 Å². The first kappa shape index (κ1) is 22.9. The van der Waals surface area contributed by atoms with E-state index < -0.39 is 0 Å². The van der Waals surface area contributed by atoms with Crippen molar-refractivity contribution in [2.75, 3.05) is 13.7 Å². The summed E-state index contributed by atoms with van der Waals surface area (Å²) in [6.45, 7) is 2.86. The Hall–Kier alpha value is -3.84. The Morgan fingerprint density at radius 3 is 2.51 bits per heavy atom. The molecular weight excluding hydrogens is 461 g/mol. The van der Waals surface area contributed by atoms with E-state index in [1.807, 2.05) is 78.4 Å². The minimum atomic E-state index is -0.232. The molecule has 1 saturated heterocycles. The lowest BCUT2D eigenvalue weighted by Crippen LogP contribution is -2.28. The number of ether oxygens (including phenoxy) is 1. The summed E-state index contributed by atoms with van der Waals surface area (Å²) in [5.41, 5.74) is 3.26. The van der Waals surface area contributed by atoms with Crippen molar-refractivity contribution >= 4 is 45.5 Å². The molecule has 35 heavy (non-hydrogen) atoms. The lowest BCUT2D eigenvalue weighted by Gasteiger charge is -2.12. The predicted molar refractivity (Wildman–Crippen MR) is 140 cm³/mol. The molecule has 5 nitrogen and oxygen atoms in total. The van der Waals surface area contributed by atoms with Crippen LogP contribution in [0.25, 0.3) is 17.0 Å². The van der Waals surface area contributed by atoms with Gasteiger partial charge in [-0.25, -0.2) is 9.38 Å². The SMILES string of the molecule is CCN1C(=O)/C(=C\c2cn(Cc3ccccc3F)c3ccccc23)SC1=Nc1ccc(OC)cc1. The molecule has 1 amide bonds. The monoisotopic (exact) mass is 485 g/mol. The molecule has 0 unspecified atom stereocenters. The fraction of sp³-hybridized carbons (Fsp3) is 0.143. The van der Waals surface area contributed by atoms with Crippen LogP contribution in [0.1, 0.15) is 18.1 Å². The smallest absolute Gasteiger partial charge is 0.266 e. The number of amidine groups is 1. The van der Waals surface area contributed by atoms with Crippen molar-refractivity contribution in [1.82, 2.24) is 9.47 Å². The molecular formula is C28H24FN3O2S. The van der Waals surface area contributed by atoms with Crippen molar-refractivity contribution in [3.05, 3.63) is 101 Å². The molecule has 7 heteroatoms. The van der Waals surface area contributed by atoms with E-state index in [1.165, 1.54) is 17.8 Å². The maximum Gasteiger partial charge on any atom is 0.266 e. The number of benzene rings is 3. The van der Waals surface area contributed by atoms with Crippen molar-refractivity contribution in [2.24, 2.45) is 4.99 Å². The fourth-order valence-corrected chi connectivity index (χ4v) is 5.16. The van der Waals surface area contributed by atoms with Crippen molar-refractivity contribution in [1.29, 1.82) is 0 Å². The third-order valence-corrected chi connectivity index (χ3v) is 6.91. The Kier molecular flexibility index (Phi) is 6.42. The van der Waals surface area contributed by atoms with Gasteiger partial charge in [-0.1, -0.05) is 36.4 Å². The number of amides is 1. The number of hydrogen-bond donors (Lipinski definition) is 0. The van der Waals surface area contributed by atoms with Gasteiger partial charge in [0.15, 0.2) is 5.17 Å². The van der Waals surface area contributed by atoms with Crippen molar-refractivity contribution < 1.29 is 13.9 Å². The summed E-state index contributed by atoms with van der Waals surface area (Å²) in [4.78, 5) is 20.2.